The van der Waals surface area contributed by atoms with Gasteiger partial charge in [-0.05, 0) is 59.8 Å². The Morgan fingerprint density at radius 1 is 1.27 bits per heavy atom. The zero-order chi connectivity index (χ0) is 15.9. The molecule has 1 aliphatic heterocycles. The molecule has 1 aromatic carbocycles. The molecule has 7 heteroatoms. The van der Waals surface area contributed by atoms with Crippen LogP contribution in [0.1, 0.15) is 36.0 Å². The van der Waals surface area contributed by atoms with E-state index >= 15 is 0 Å². The number of rotatable bonds is 4. The van der Waals surface area contributed by atoms with Gasteiger partial charge in [-0.15, -0.1) is 0 Å². The maximum absolute atomic E-state index is 12.6. The zero-order valence-electron chi connectivity index (χ0n) is 12.5. The maximum atomic E-state index is 12.6. The first kappa shape index (κ1) is 16.0. The van der Waals surface area contributed by atoms with Gasteiger partial charge in [0.1, 0.15) is 0 Å². The Balaban J connectivity index is 1.93. The monoisotopic (exact) mass is 386 g/mol. The number of amides is 1. The molecule has 1 aliphatic carbocycles. The minimum Gasteiger partial charge on any atom is -0.339 e. The van der Waals surface area contributed by atoms with Crippen molar-refractivity contribution >= 4 is 31.9 Å². The molecule has 1 saturated heterocycles. The quantitative estimate of drug-likeness (QED) is 0.798. The molecule has 0 spiro atoms. The molecular formula is C15H19BrN2O3S. The zero-order valence-corrected chi connectivity index (χ0v) is 14.9. The summed E-state index contributed by atoms with van der Waals surface area (Å²) in [7, 11) is -1.73. The Hall–Kier alpha value is -0.920. The highest BCUT2D eigenvalue weighted by atomic mass is 79.9. The number of nitrogens with zero attached hydrogens (tertiary/aromatic N) is 2. The van der Waals surface area contributed by atoms with Gasteiger partial charge >= 0.3 is 0 Å². The number of benzene rings is 1. The number of carbonyl (C=O) groups excluding carboxylic acids is 1. The molecule has 0 unspecified atom stereocenters. The first-order chi connectivity index (χ1) is 10.4. The van der Waals surface area contributed by atoms with E-state index in [0.29, 0.717) is 29.2 Å². The largest absolute Gasteiger partial charge is 0.339 e. The van der Waals surface area contributed by atoms with Crippen LogP contribution in [0.4, 0.5) is 0 Å². The molecule has 0 atom stereocenters. The molecular weight excluding hydrogens is 368 g/mol. The summed E-state index contributed by atoms with van der Waals surface area (Å²) >= 11 is 3.36. The highest BCUT2D eigenvalue weighted by Gasteiger charge is 2.32. The molecule has 1 amide bonds. The predicted octanol–water partition coefficient (Wildman–Crippen LogP) is 2.47. The van der Waals surface area contributed by atoms with Crippen LogP contribution >= 0.6 is 15.9 Å². The summed E-state index contributed by atoms with van der Waals surface area (Å²) in [5.41, 5.74) is 0.412. The van der Waals surface area contributed by atoms with Gasteiger partial charge in [0.25, 0.3) is 5.91 Å². The number of hydrogen-bond acceptors (Lipinski definition) is 3. The molecule has 1 saturated carbocycles. The van der Waals surface area contributed by atoms with Crippen molar-refractivity contribution in [2.75, 3.05) is 20.1 Å². The lowest BCUT2D eigenvalue weighted by Crippen LogP contribution is -2.30. The molecule has 5 nitrogen and oxygen atoms in total. The standard InChI is InChI=1S/C15H19BrN2O3S/c1-17(11-4-5-11)15(19)13-10-12(6-7-14(13)16)22(20,21)18-8-2-3-9-18/h6-7,10-11H,2-5,8-9H2,1H3. The van der Waals surface area contributed by atoms with Crippen molar-refractivity contribution in [1.29, 1.82) is 0 Å². The molecule has 0 N–H and O–H groups in total. The molecule has 2 fully saturated rings. The van der Waals surface area contributed by atoms with Crippen molar-refractivity contribution in [2.24, 2.45) is 0 Å². The van der Waals surface area contributed by atoms with Crippen molar-refractivity contribution in [2.45, 2.75) is 36.6 Å². The first-order valence-corrected chi connectivity index (χ1v) is 9.71. The number of hydrogen-bond donors (Lipinski definition) is 0. The van der Waals surface area contributed by atoms with Gasteiger partial charge in [0.2, 0.25) is 10.0 Å². The lowest BCUT2D eigenvalue weighted by Gasteiger charge is -2.19. The minimum absolute atomic E-state index is 0.132. The Kier molecular flexibility index (Phi) is 4.31. The van der Waals surface area contributed by atoms with Crippen LogP contribution in [0, 0.1) is 0 Å². The molecule has 0 bridgehead atoms. The first-order valence-electron chi connectivity index (χ1n) is 7.48. The second kappa shape index (κ2) is 5.94. The molecule has 22 heavy (non-hydrogen) atoms. The van der Waals surface area contributed by atoms with Crippen molar-refractivity contribution in [1.82, 2.24) is 9.21 Å². The summed E-state index contributed by atoms with van der Waals surface area (Å²) in [6.07, 6.45) is 3.83. The van der Waals surface area contributed by atoms with E-state index < -0.39 is 10.0 Å². The van der Waals surface area contributed by atoms with Crippen LogP contribution in [0.3, 0.4) is 0 Å². The van der Waals surface area contributed by atoms with Crippen molar-refractivity contribution in [3.05, 3.63) is 28.2 Å². The summed E-state index contributed by atoms with van der Waals surface area (Å²) in [5.74, 6) is -0.132. The molecule has 3 rings (SSSR count). The van der Waals surface area contributed by atoms with E-state index in [1.165, 1.54) is 10.4 Å². The minimum atomic E-state index is -3.50. The molecule has 1 heterocycles. The lowest BCUT2D eigenvalue weighted by molar-refractivity contribution is 0.0784. The van der Waals surface area contributed by atoms with Gasteiger partial charge in [-0.2, -0.15) is 4.31 Å². The second-order valence-corrected chi connectivity index (χ2v) is 8.69. The van der Waals surface area contributed by atoms with Crippen LogP contribution in [-0.2, 0) is 10.0 Å². The smallest absolute Gasteiger partial charge is 0.255 e. The van der Waals surface area contributed by atoms with Gasteiger partial charge < -0.3 is 4.90 Å². The van der Waals surface area contributed by atoms with E-state index in [4.69, 9.17) is 0 Å². The highest BCUT2D eigenvalue weighted by Crippen LogP contribution is 2.30. The Labute approximate surface area is 139 Å². The average Bonchev–Trinajstić information content (AvgIpc) is 3.19. The van der Waals surface area contributed by atoms with Crippen LogP contribution in [0.25, 0.3) is 0 Å². The van der Waals surface area contributed by atoms with E-state index in [-0.39, 0.29) is 10.8 Å². The second-order valence-electron chi connectivity index (χ2n) is 5.90. The van der Waals surface area contributed by atoms with E-state index in [1.54, 1.807) is 24.1 Å². The third-order valence-corrected chi connectivity index (χ3v) is 6.87. The van der Waals surface area contributed by atoms with Gasteiger partial charge in [0.05, 0.1) is 10.5 Å². The average molecular weight is 387 g/mol. The van der Waals surface area contributed by atoms with Gasteiger partial charge in [-0.1, -0.05) is 0 Å². The van der Waals surface area contributed by atoms with Crippen LogP contribution < -0.4 is 0 Å². The van der Waals surface area contributed by atoms with Gasteiger partial charge in [-0.25, -0.2) is 8.42 Å². The third kappa shape index (κ3) is 2.94. The summed E-state index contributed by atoms with van der Waals surface area (Å²) in [5, 5.41) is 0. The predicted molar refractivity (Wildman–Crippen MR) is 87.3 cm³/mol. The third-order valence-electron chi connectivity index (χ3n) is 4.29. The summed E-state index contributed by atoms with van der Waals surface area (Å²) in [6.45, 7) is 1.12. The number of carbonyl (C=O) groups is 1. The fourth-order valence-electron chi connectivity index (χ4n) is 2.72. The van der Waals surface area contributed by atoms with E-state index in [0.717, 1.165) is 25.7 Å². The lowest BCUT2D eigenvalue weighted by atomic mass is 10.2. The van der Waals surface area contributed by atoms with Gasteiger partial charge in [0.15, 0.2) is 0 Å². The maximum Gasteiger partial charge on any atom is 0.255 e. The van der Waals surface area contributed by atoms with E-state index in [2.05, 4.69) is 15.9 Å². The summed E-state index contributed by atoms with van der Waals surface area (Å²) in [6, 6.07) is 5.00. The number of halogens is 1. The van der Waals surface area contributed by atoms with Crippen molar-refractivity contribution in [3.63, 3.8) is 0 Å². The molecule has 0 aromatic heterocycles. The SMILES string of the molecule is CN(C(=O)c1cc(S(=O)(=O)N2CCCC2)ccc1Br)C1CC1. The highest BCUT2D eigenvalue weighted by molar-refractivity contribution is 9.10. The normalized spacial score (nSPS) is 19.4. The van der Waals surface area contributed by atoms with Crippen molar-refractivity contribution in [3.8, 4) is 0 Å². The van der Waals surface area contributed by atoms with E-state index in [1.807, 2.05) is 0 Å². The Morgan fingerprint density at radius 2 is 1.91 bits per heavy atom. The molecule has 120 valence electrons. The van der Waals surface area contributed by atoms with Crippen molar-refractivity contribution < 1.29 is 13.2 Å². The number of sulfonamides is 1. The van der Waals surface area contributed by atoms with E-state index in [9.17, 15) is 13.2 Å². The van der Waals surface area contributed by atoms with Gasteiger partial charge in [-0.3, -0.25) is 4.79 Å². The molecule has 1 aromatic rings. The topological polar surface area (TPSA) is 57.7 Å². The molecule has 2 aliphatic rings. The summed E-state index contributed by atoms with van der Waals surface area (Å²) in [4.78, 5) is 14.4. The van der Waals surface area contributed by atoms with Gasteiger partial charge in [0, 0.05) is 30.7 Å². The Bertz CT molecular complexity index is 695. The van der Waals surface area contributed by atoms with Crippen LogP contribution in [0.5, 0.6) is 0 Å². The Morgan fingerprint density at radius 3 is 2.50 bits per heavy atom. The molecule has 0 radical (unpaired) electrons. The van der Waals surface area contributed by atoms with Crippen LogP contribution in [0.15, 0.2) is 27.6 Å². The fraction of sp³-hybridized carbons (Fsp3) is 0.533. The van der Waals surface area contributed by atoms with Crippen LogP contribution in [-0.4, -0.2) is 49.7 Å². The summed E-state index contributed by atoms with van der Waals surface area (Å²) < 4.78 is 27.4. The van der Waals surface area contributed by atoms with Crippen LogP contribution in [0.2, 0.25) is 0 Å². The fourth-order valence-corrected chi connectivity index (χ4v) is 4.68.